The molecule has 0 saturated carbocycles. The first-order valence-electron chi connectivity index (χ1n) is 11.7. The first-order chi connectivity index (χ1) is 15.7. The fourth-order valence-electron chi connectivity index (χ4n) is 5.07. The topological polar surface area (TPSA) is 33.7 Å². The summed E-state index contributed by atoms with van der Waals surface area (Å²) in [6.07, 6.45) is 5.29. The summed E-state index contributed by atoms with van der Waals surface area (Å²) in [5.74, 6) is 2.71. The normalized spacial score (nSPS) is 22.6. The van der Waals surface area contributed by atoms with E-state index < -0.39 is 0 Å². The average Bonchev–Trinajstić information content (AvgIpc) is 3.01. The molecular weight excluding hydrogens is 396 g/mol. The Labute approximate surface area is 191 Å². The second kappa shape index (κ2) is 9.76. The summed E-state index contributed by atoms with van der Waals surface area (Å²) in [6.45, 7) is 1.59. The van der Waals surface area contributed by atoms with Gasteiger partial charge >= 0.3 is 0 Å². The zero-order valence-corrected chi connectivity index (χ0v) is 18.7. The minimum atomic E-state index is 0.347. The summed E-state index contributed by atoms with van der Waals surface area (Å²) < 4.78 is 12.3. The van der Waals surface area contributed by atoms with Gasteiger partial charge in [0.25, 0.3) is 0 Å². The van der Waals surface area contributed by atoms with Crippen LogP contribution < -0.4 is 14.8 Å². The van der Waals surface area contributed by atoms with E-state index >= 15 is 0 Å². The standard InChI is InChI=1S/C28H32N2O2/c1-30-23-13-14-24(30)18-28(17-23)32-27-12-6-8-22(16-27)20-29-19-21-7-5-11-26(15-21)31-25-9-3-2-4-10-25/h2-12,15-16,23-24,28-29H,13-14,17-20H2,1H3/t23-,24+,28-. The van der Waals surface area contributed by atoms with Crippen LogP contribution in [0.3, 0.4) is 0 Å². The maximum absolute atomic E-state index is 6.39. The van der Waals surface area contributed by atoms with E-state index in [1.807, 2.05) is 42.5 Å². The van der Waals surface area contributed by atoms with E-state index in [2.05, 4.69) is 53.7 Å². The molecule has 2 heterocycles. The van der Waals surface area contributed by atoms with Crippen LogP contribution in [0.15, 0.2) is 78.9 Å². The molecule has 2 aliphatic rings. The van der Waals surface area contributed by atoms with Crippen molar-refractivity contribution in [3.63, 3.8) is 0 Å². The maximum Gasteiger partial charge on any atom is 0.127 e. The van der Waals surface area contributed by atoms with Crippen molar-refractivity contribution in [2.75, 3.05) is 7.05 Å². The van der Waals surface area contributed by atoms with Gasteiger partial charge in [-0.2, -0.15) is 0 Å². The van der Waals surface area contributed by atoms with Gasteiger partial charge in [-0.15, -0.1) is 0 Å². The third-order valence-electron chi connectivity index (χ3n) is 6.79. The molecule has 4 heteroatoms. The number of hydrogen-bond donors (Lipinski definition) is 1. The van der Waals surface area contributed by atoms with Gasteiger partial charge < -0.3 is 19.7 Å². The molecule has 5 rings (SSSR count). The largest absolute Gasteiger partial charge is 0.490 e. The van der Waals surface area contributed by atoms with E-state index in [0.717, 1.165) is 43.2 Å². The van der Waals surface area contributed by atoms with E-state index in [1.165, 1.54) is 24.0 Å². The number of piperidine rings is 1. The maximum atomic E-state index is 6.39. The highest BCUT2D eigenvalue weighted by molar-refractivity contribution is 5.34. The van der Waals surface area contributed by atoms with Gasteiger partial charge in [-0.25, -0.2) is 0 Å². The first-order valence-corrected chi connectivity index (χ1v) is 11.7. The Morgan fingerprint density at radius 1 is 0.750 bits per heavy atom. The summed E-state index contributed by atoms with van der Waals surface area (Å²) in [5, 5.41) is 3.55. The van der Waals surface area contributed by atoms with Gasteiger partial charge in [0.15, 0.2) is 0 Å². The predicted octanol–water partition coefficient (Wildman–Crippen LogP) is 5.77. The third kappa shape index (κ3) is 5.14. The molecule has 2 fully saturated rings. The second-order valence-corrected chi connectivity index (χ2v) is 9.08. The quantitative estimate of drug-likeness (QED) is 0.494. The number of ether oxygens (including phenoxy) is 2. The smallest absolute Gasteiger partial charge is 0.127 e. The fourth-order valence-corrected chi connectivity index (χ4v) is 5.07. The molecule has 3 atom stereocenters. The van der Waals surface area contributed by atoms with Crippen molar-refractivity contribution in [3.05, 3.63) is 90.0 Å². The molecule has 2 saturated heterocycles. The van der Waals surface area contributed by atoms with Crippen LogP contribution in [-0.2, 0) is 13.1 Å². The van der Waals surface area contributed by atoms with E-state index in [1.54, 1.807) is 0 Å². The minimum absolute atomic E-state index is 0.347. The molecule has 166 valence electrons. The van der Waals surface area contributed by atoms with Crippen molar-refractivity contribution in [3.8, 4) is 17.2 Å². The van der Waals surface area contributed by atoms with Gasteiger partial charge in [0.2, 0.25) is 0 Å². The number of fused-ring (bicyclic) bond motifs is 2. The van der Waals surface area contributed by atoms with Crippen LogP contribution in [0.2, 0.25) is 0 Å². The van der Waals surface area contributed by atoms with Crippen LogP contribution in [0.1, 0.15) is 36.8 Å². The number of nitrogens with zero attached hydrogens (tertiary/aromatic N) is 1. The molecule has 1 N–H and O–H groups in total. The first kappa shape index (κ1) is 21.0. The molecule has 3 aromatic carbocycles. The lowest BCUT2D eigenvalue weighted by molar-refractivity contribution is 0.0661. The molecule has 0 radical (unpaired) electrons. The summed E-state index contributed by atoms with van der Waals surface area (Å²) in [5.41, 5.74) is 2.45. The summed E-state index contributed by atoms with van der Waals surface area (Å²) in [4.78, 5) is 2.56. The molecule has 0 aliphatic carbocycles. The number of hydrogen-bond acceptors (Lipinski definition) is 4. The Balaban J connectivity index is 1.13. The zero-order chi connectivity index (χ0) is 21.8. The predicted molar refractivity (Wildman–Crippen MR) is 128 cm³/mol. The lowest BCUT2D eigenvalue weighted by Crippen LogP contribution is -2.43. The molecule has 0 aromatic heterocycles. The Hall–Kier alpha value is -2.82. The van der Waals surface area contributed by atoms with Crippen LogP contribution in [0, 0.1) is 0 Å². The molecular formula is C28H32N2O2. The highest BCUT2D eigenvalue weighted by atomic mass is 16.5. The Morgan fingerprint density at radius 2 is 1.34 bits per heavy atom. The van der Waals surface area contributed by atoms with Crippen LogP contribution in [0.25, 0.3) is 0 Å². The van der Waals surface area contributed by atoms with Crippen LogP contribution in [0.4, 0.5) is 0 Å². The molecule has 3 aromatic rings. The van der Waals surface area contributed by atoms with Crippen molar-refractivity contribution >= 4 is 0 Å². The molecule has 2 aliphatic heterocycles. The monoisotopic (exact) mass is 428 g/mol. The highest BCUT2D eigenvalue weighted by Gasteiger charge is 2.39. The van der Waals surface area contributed by atoms with Crippen molar-refractivity contribution in [1.29, 1.82) is 0 Å². The van der Waals surface area contributed by atoms with Gasteiger partial charge in [0.05, 0.1) is 0 Å². The summed E-state index contributed by atoms with van der Waals surface area (Å²) in [7, 11) is 2.27. The molecule has 0 spiro atoms. The molecule has 2 bridgehead atoms. The average molecular weight is 429 g/mol. The Morgan fingerprint density at radius 3 is 2.03 bits per heavy atom. The van der Waals surface area contributed by atoms with E-state index in [4.69, 9.17) is 9.47 Å². The van der Waals surface area contributed by atoms with Crippen LogP contribution in [-0.4, -0.2) is 30.1 Å². The number of rotatable bonds is 8. The van der Waals surface area contributed by atoms with Gasteiger partial charge in [-0.05, 0) is 80.3 Å². The van der Waals surface area contributed by atoms with Crippen molar-refractivity contribution in [1.82, 2.24) is 10.2 Å². The third-order valence-corrected chi connectivity index (χ3v) is 6.79. The minimum Gasteiger partial charge on any atom is -0.490 e. The van der Waals surface area contributed by atoms with Gasteiger partial charge in [0.1, 0.15) is 23.4 Å². The van der Waals surface area contributed by atoms with Gasteiger partial charge in [0, 0.05) is 25.2 Å². The fraction of sp³-hybridized carbons (Fsp3) is 0.357. The summed E-state index contributed by atoms with van der Waals surface area (Å²) >= 11 is 0. The second-order valence-electron chi connectivity index (χ2n) is 9.08. The van der Waals surface area contributed by atoms with Crippen molar-refractivity contribution in [2.24, 2.45) is 0 Å². The summed E-state index contributed by atoms with van der Waals surface area (Å²) in [6, 6.07) is 28.1. The van der Waals surface area contributed by atoms with Gasteiger partial charge in [-0.1, -0.05) is 42.5 Å². The lowest BCUT2D eigenvalue weighted by atomic mass is 10.0. The molecule has 32 heavy (non-hydrogen) atoms. The number of para-hydroxylation sites is 1. The lowest BCUT2D eigenvalue weighted by Gasteiger charge is -2.36. The van der Waals surface area contributed by atoms with Crippen LogP contribution >= 0.6 is 0 Å². The zero-order valence-electron chi connectivity index (χ0n) is 18.7. The highest BCUT2D eigenvalue weighted by Crippen LogP contribution is 2.36. The number of nitrogens with one attached hydrogen (secondary N) is 1. The van der Waals surface area contributed by atoms with Crippen molar-refractivity contribution < 1.29 is 9.47 Å². The van der Waals surface area contributed by atoms with E-state index in [0.29, 0.717) is 18.2 Å². The Kier molecular flexibility index (Phi) is 6.42. The Bertz CT molecular complexity index is 1010. The number of benzene rings is 3. The molecule has 0 amide bonds. The van der Waals surface area contributed by atoms with E-state index in [-0.39, 0.29) is 0 Å². The van der Waals surface area contributed by atoms with Gasteiger partial charge in [-0.3, -0.25) is 0 Å². The van der Waals surface area contributed by atoms with Crippen molar-refractivity contribution in [2.45, 2.75) is 57.0 Å². The molecule has 4 nitrogen and oxygen atoms in total. The van der Waals surface area contributed by atoms with E-state index in [9.17, 15) is 0 Å². The van der Waals surface area contributed by atoms with Crippen LogP contribution in [0.5, 0.6) is 17.2 Å². The SMILES string of the molecule is CN1[C@@H]2CC[C@H]1C[C@H](Oc1cccc(CNCc3cccc(Oc4ccccc4)c3)c1)C2. The molecule has 0 unspecified atom stereocenters.